The van der Waals surface area contributed by atoms with Crippen molar-refractivity contribution in [2.45, 2.75) is 6.54 Å². The molecule has 0 fully saturated rings. The van der Waals surface area contributed by atoms with Gasteiger partial charge in [0.05, 0.1) is 11.5 Å². The van der Waals surface area contributed by atoms with E-state index in [1.807, 2.05) is 18.3 Å². The van der Waals surface area contributed by atoms with Crippen molar-refractivity contribution in [3.8, 4) is 0 Å². The second kappa shape index (κ2) is 6.32. The minimum atomic E-state index is -0.629. The van der Waals surface area contributed by atoms with Crippen LogP contribution in [-0.4, -0.2) is 30.4 Å². The molecule has 1 amide bonds. The Balaban J connectivity index is 1.80. The molecule has 0 bridgehead atoms. The average Bonchev–Trinajstić information content (AvgIpc) is 3.17. The molecule has 0 radical (unpaired) electrons. The zero-order valence-electron chi connectivity index (χ0n) is 12.8. The first-order valence-corrected chi connectivity index (χ1v) is 7.08. The second-order valence-electron chi connectivity index (χ2n) is 5.12. The number of amides is 1. The monoisotopic (exact) mass is 326 g/mol. The number of nitro groups is 1. The maximum atomic E-state index is 12.4. The van der Waals surface area contributed by atoms with Crippen LogP contribution >= 0.6 is 0 Å². The van der Waals surface area contributed by atoms with Gasteiger partial charge in [-0.05, 0) is 23.8 Å². The molecule has 0 aliphatic carbocycles. The molecule has 0 aliphatic heterocycles. The maximum Gasteiger partial charge on any atom is 0.320 e. The van der Waals surface area contributed by atoms with E-state index in [-0.39, 0.29) is 11.4 Å². The molecule has 0 saturated heterocycles. The van der Waals surface area contributed by atoms with Crippen LogP contribution in [0, 0.1) is 10.1 Å². The number of benzene rings is 1. The summed E-state index contributed by atoms with van der Waals surface area (Å²) in [6.45, 7) is 0.558. The SMILES string of the molecule is Cn1ncc([N+](=O)[O-])c1C(=O)Nc1cccc(Cn2cccn2)c1. The number of hydrogen-bond acceptors (Lipinski definition) is 5. The van der Waals surface area contributed by atoms with Crippen LogP contribution in [-0.2, 0) is 13.6 Å². The molecule has 0 saturated carbocycles. The number of aryl methyl sites for hydroxylation is 1. The van der Waals surface area contributed by atoms with E-state index in [4.69, 9.17) is 0 Å². The molecule has 2 heterocycles. The van der Waals surface area contributed by atoms with Crippen LogP contribution in [0.15, 0.2) is 48.9 Å². The summed E-state index contributed by atoms with van der Waals surface area (Å²) >= 11 is 0. The van der Waals surface area contributed by atoms with Gasteiger partial charge in [0.15, 0.2) is 0 Å². The minimum Gasteiger partial charge on any atom is -0.320 e. The lowest BCUT2D eigenvalue weighted by Crippen LogP contribution is -2.17. The molecule has 3 rings (SSSR count). The molecule has 0 unspecified atom stereocenters. The van der Waals surface area contributed by atoms with E-state index in [0.717, 1.165) is 11.8 Å². The van der Waals surface area contributed by atoms with Crippen molar-refractivity contribution in [3.63, 3.8) is 0 Å². The van der Waals surface area contributed by atoms with Gasteiger partial charge in [-0.25, -0.2) is 0 Å². The highest BCUT2D eigenvalue weighted by atomic mass is 16.6. The van der Waals surface area contributed by atoms with E-state index in [0.29, 0.717) is 12.2 Å². The normalized spacial score (nSPS) is 10.5. The summed E-state index contributed by atoms with van der Waals surface area (Å²) in [6, 6.07) is 9.04. The highest BCUT2D eigenvalue weighted by Crippen LogP contribution is 2.19. The highest BCUT2D eigenvalue weighted by Gasteiger charge is 2.25. The van der Waals surface area contributed by atoms with Crippen LogP contribution < -0.4 is 5.32 Å². The van der Waals surface area contributed by atoms with Crippen molar-refractivity contribution in [2.75, 3.05) is 5.32 Å². The summed E-state index contributed by atoms with van der Waals surface area (Å²) in [5.41, 5.74) is 1.05. The van der Waals surface area contributed by atoms with Crippen LogP contribution in [0.1, 0.15) is 16.1 Å². The van der Waals surface area contributed by atoms with Gasteiger partial charge in [-0.2, -0.15) is 10.2 Å². The van der Waals surface area contributed by atoms with Crippen LogP contribution in [0.25, 0.3) is 0 Å². The van der Waals surface area contributed by atoms with Gasteiger partial charge in [0, 0.05) is 25.1 Å². The summed E-state index contributed by atoms with van der Waals surface area (Å²) in [5, 5.41) is 21.6. The molecule has 0 atom stereocenters. The first-order chi connectivity index (χ1) is 11.5. The number of nitrogens with zero attached hydrogens (tertiary/aromatic N) is 5. The zero-order valence-corrected chi connectivity index (χ0v) is 12.8. The van der Waals surface area contributed by atoms with Crippen molar-refractivity contribution in [2.24, 2.45) is 7.05 Å². The molecule has 122 valence electrons. The third kappa shape index (κ3) is 3.14. The zero-order chi connectivity index (χ0) is 17.1. The van der Waals surface area contributed by atoms with E-state index in [2.05, 4.69) is 15.5 Å². The molecule has 1 N–H and O–H groups in total. The minimum absolute atomic E-state index is 0.0996. The largest absolute Gasteiger partial charge is 0.320 e. The van der Waals surface area contributed by atoms with Crippen molar-refractivity contribution in [1.82, 2.24) is 19.6 Å². The van der Waals surface area contributed by atoms with E-state index < -0.39 is 10.8 Å². The van der Waals surface area contributed by atoms with Crippen LogP contribution in [0.5, 0.6) is 0 Å². The molecule has 1 aromatic carbocycles. The Morgan fingerprint density at radius 1 is 1.33 bits per heavy atom. The molecule has 3 aromatic rings. The predicted molar refractivity (Wildman–Crippen MR) is 85.6 cm³/mol. The Labute approximate surface area is 136 Å². The number of carbonyl (C=O) groups is 1. The van der Waals surface area contributed by atoms with Crippen molar-refractivity contribution < 1.29 is 9.72 Å². The van der Waals surface area contributed by atoms with Crippen molar-refractivity contribution in [3.05, 3.63) is 70.3 Å². The second-order valence-corrected chi connectivity index (χ2v) is 5.12. The molecule has 0 aliphatic rings. The Morgan fingerprint density at radius 2 is 2.17 bits per heavy atom. The van der Waals surface area contributed by atoms with Gasteiger partial charge in [-0.1, -0.05) is 12.1 Å². The number of nitrogens with one attached hydrogen (secondary N) is 1. The van der Waals surface area contributed by atoms with Crippen molar-refractivity contribution in [1.29, 1.82) is 0 Å². The lowest BCUT2D eigenvalue weighted by molar-refractivity contribution is -0.385. The average molecular weight is 326 g/mol. The molecule has 9 nitrogen and oxygen atoms in total. The van der Waals surface area contributed by atoms with E-state index >= 15 is 0 Å². The van der Waals surface area contributed by atoms with Crippen LogP contribution in [0.4, 0.5) is 11.4 Å². The first kappa shape index (κ1) is 15.4. The Hall–Kier alpha value is -3.49. The van der Waals surface area contributed by atoms with Gasteiger partial charge in [0.2, 0.25) is 5.69 Å². The van der Waals surface area contributed by atoms with Crippen LogP contribution in [0.2, 0.25) is 0 Å². The Bertz CT molecular complexity index is 885. The van der Waals surface area contributed by atoms with Crippen molar-refractivity contribution >= 4 is 17.3 Å². The Morgan fingerprint density at radius 3 is 2.88 bits per heavy atom. The lowest BCUT2D eigenvalue weighted by Gasteiger charge is -2.08. The number of carbonyl (C=O) groups excluding carboxylic acids is 1. The smallest absolute Gasteiger partial charge is 0.320 e. The number of anilines is 1. The highest BCUT2D eigenvalue weighted by molar-refractivity contribution is 6.05. The van der Waals surface area contributed by atoms with Gasteiger partial charge in [0.25, 0.3) is 5.91 Å². The molecule has 0 spiro atoms. The fraction of sp³-hybridized carbons (Fsp3) is 0.133. The molecular formula is C15H14N6O3. The van der Waals surface area contributed by atoms with E-state index in [1.54, 1.807) is 29.1 Å². The molecular weight excluding hydrogens is 312 g/mol. The first-order valence-electron chi connectivity index (χ1n) is 7.08. The van der Waals surface area contributed by atoms with E-state index in [1.165, 1.54) is 11.7 Å². The fourth-order valence-electron chi connectivity index (χ4n) is 2.34. The summed E-state index contributed by atoms with van der Waals surface area (Å²) in [6.07, 6.45) is 4.58. The topological polar surface area (TPSA) is 108 Å². The standard InChI is InChI=1S/C15H14N6O3/c1-19-14(13(9-17-19)21(23)24)15(22)18-12-5-2-4-11(8-12)10-20-7-3-6-16-20/h2-9H,10H2,1H3,(H,18,22). The number of rotatable bonds is 5. The summed E-state index contributed by atoms with van der Waals surface area (Å²) < 4.78 is 2.94. The third-order valence-corrected chi connectivity index (χ3v) is 3.42. The van der Waals surface area contributed by atoms with E-state index in [9.17, 15) is 14.9 Å². The molecule has 9 heteroatoms. The molecule has 24 heavy (non-hydrogen) atoms. The summed E-state index contributed by atoms with van der Waals surface area (Å²) in [5.74, 6) is -0.585. The van der Waals surface area contributed by atoms with Gasteiger partial charge >= 0.3 is 5.69 Å². The molecule has 2 aromatic heterocycles. The number of hydrogen-bond donors (Lipinski definition) is 1. The Kier molecular flexibility index (Phi) is 4.06. The van der Waals surface area contributed by atoms with Gasteiger partial charge in [0.1, 0.15) is 6.20 Å². The summed E-state index contributed by atoms with van der Waals surface area (Å²) in [4.78, 5) is 22.7. The van der Waals surface area contributed by atoms with Gasteiger partial charge in [-0.15, -0.1) is 0 Å². The third-order valence-electron chi connectivity index (χ3n) is 3.42. The van der Waals surface area contributed by atoms with Crippen LogP contribution in [0.3, 0.4) is 0 Å². The number of aromatic nitrogens is 4. The van der Waals surface area contributed by atoms with Gasteiger partial charge in [-0.3, -0.25) is 24.3 Å². The lowest BCUT2D eigenvalue weighted by atomic mass is 10.2. The maximum absolute atomic E-state index is 12.4. The predicted octanol–water partition coefficient (Wildman–Crippen LogP) is 1.83. The quantitative estimate of drug-likeness (QED) is 0.568. The fourth-order valence-corrected chi connectivity index (χ4v) is 2.34. The van der Waals surface area contributed by atoms with Gasteiger partial charge < -0.3 is 5.32 Å². The summed E-state index contributed by atoms with van der Waals surface area (Å²) in [7, 11) is 1.48.